The molecule has 2 aromatic carbocycles. The van der Waals surface area contributed by atoms with Gasteiger partial charge in [0.25, 0.3) is 5.91 Å². The number of Topliss-reactive ketones (excluding diaryl/α,β-unsaturated/α-hetero) is 1. The standard InChI is InChI=1S/C17H17N5O3/c1-10(23)15(17(25)20-14-4-2-3-12(18)9-14)22-21-13-7-5-11(6-8-13)16(19)24/h2-9,21H,18H2,1H3,(H2,19,24)(H,20,25)/b22-15-. The first kappa shape index (κ1) is 17.7. The normalized spacial score (nSPS) is 10.8. The Kier molecular flexibility index (Phi) is 5.47. The monoisotopic (exact) mass is 339 g/mol. The number of nitrogens with two attached hydrogens (primary N) is 2. The topological polar surface area (TPSA) is 140 Å². The predicted octanol–water partition coefficient (Wildman–Crippen LogP) is 1.36. The lowest BCUT2D eigenvalue weighted by Crippen LogP contribution is -2.29. The summed E-state index contributed by atoms with van der Waals surface area (Å²) in [5.41, 5.74) is 14.8. The first-order valence-corrected chi connectivity index (χ1v) is 7.28. The highest BCUT2D eigenvalue weighted by Crippen LogP contribution is 2.12. The van der Waals surface area contributed by atoms with Gasteiger partial charge in [0.2, 0.25) is 5.91 Å². The van der Waals surface area contributed by atoms with E-state index >= 15 is 0 Å². The Morgan fingerprint density at radius 1 is 1.00 bits per heavy atom. The van der Waals surface area contributed by atoms with Gasteiger partial charge in [0.15, 0.2) is 11.5 Å². The molecule has 0 atom stereocenters. The van der Waals surface area contributed by atoms with Gasteiger partial charge in [-0.3, -0.25) is 19.8 Å². The smallest absolute Gasteiger partial charge is 0.279 e. The maximum Gasteiger partial charge on any atom is 0.279 e. The SMILES string of the molecule is CC(=O)/C(=N/Nc1ccc(C(N)=O)cc1)C(=O)Nc1cccc(N)c1. The van der Waals surface area contributed by atoms with Crippen LogP contribution in [0.1, 0.15) is 17.3 Å². The second-order valence-corrected chi connectivity index (χ2v) is 5.15. The third-order valence-electron chi connectivity index (χ3n) is 3.16. The molecule has 0 aliphatic heterocycles. The van der Waals surface area contributed by atoms with E-state index in [2.05, 4.69) is 15.8 Å². The third kappa shape index (κ3) is 4.90. The molecule has 0 spiro atoms. The Morgan fingerprint density at radius 2 is 1.68 bits per heavy atom. The van der Waals surface area contributed by atoms with Crippen molar-refractivity contribution in [1.29, 1.82) is 0 Å². The number of nitrogen functional groups attached to an aromatic ring is 1. The fourth-order valence-electron chi connectivity index (χ4n) is 1.93. The van der Waals surface area contributed by atoms with Gasteiger partial charge in [-0.15, -0.1) is 0 Å². The van der Waals surface area contributed by atoms with E-state index in [9.17, 15) is 14.4 Å². The number of hydrazone groups is 1. The van der Waals surface area contributed by atoms with Crippen molar-refractivity contribution in [2.45, 2.75) is 6.92 Å². The van der Waals surface area contributed by atoms with E-state index in [4.69, 9.17) is 11.5 Å². The lowest BCUT2D eigenvalue weighted by atomic mass is 10.2. The van der Waals surface area contributed by atoms with Crippen molar-refractivity contribution in [2.75, 3.05) is 16.5 Å². The quantitative estimate of drug-likeness (QED) is 0.272. The summed E-state index contributed by atoms with van der Waals surface area (Å²) < 4.78 is 0. The number of benzene rings is 2. The lowest BCUT2D eigenvalue weighted by Gasteiger charge is -2.07. The van der Waals surface area contributed by atoms with Crippen LogP contribution in [-0.2, 0) is 9.59 Å². The van der Waals surface area contributed by atoms with Crippen molar-refractivity contribution in [3.63, 3.8) is 0 Å². The van der Waals surface area contributed by atoms with Crippen molar-refractivity contribution in [2.24, 2.45) is 10.8 Å². The molecule has 0 heterocycles. The number of carbonyl (C=O) groups is 3. The van der Waals surface area contributed by atoms with Gasteiger partial charge in [0, 0.05) is 23.9 Å². The minimum absolute atomic E-state index is 0.304. The minimum atomic E-state index is -0.667. The molecule has 0 aliphatic rings. The first-order valence-electron chi connectivity index (χ1n) is 7.28. The number of hydrogen-bond donors (Lipinski definition) is 4. The third-order valence-corrected chi connectivity index (χ3v) is 3.16. The molecular formula is C17H17N5O3. The van der Waals surface area contributed by atoms with Crippen LogP contribution in [-0.4, -0.2) is 23.3 Å². The van der Waals surface area contributed by atoms with Crippen LogP contribution in [0.15, 0.2) is 53.6 Å². The van der Waals surface area contributed by atoms with Gasteiger partial charge in [-0.05, 0) is 42.5 Å². The number of rotatable bonds is 6. The second kappa shape index (κ2) is 7.73. The van der Waals surface area contributed by atoms with E-state index in [1.54, 1.807) is 36.4 Å². The summed E-state index contributed by atoms with van der Waals surface area (Å²) in [6, 6.07) is 12.7. The molecule has 8 heteroatoms. The minimum Gasteiger partial charge on any atom is -0.399 e. The lowest BCUT2D eigenvalue weighted by molar-refractivity contribution is -0.114. The molecule has 25 heavy (non-hydrogen) atoms. The highest BCUT2D eigenvalue weighted by Gasteiger charge is 2.17. The molecule has 128 valence electrons. The number of hydrogen-bond acceptors (Lipinski definition) is 6. The number of ketones is 1. The first-order chi connectivity index (χ1) is 11.9. The van der Waals surface area contributed by atoms with Crippen LogP contribution < -0.4 is 22.2 Å². The number of carbonyl (C=O) groups excluding carboxylic acids is 3. The number of amides is 2. The van der Waals surface area contributed by atoms with Gasteiger partial charge in [-0.2, -0.15) is 5.10 Å². The summed E-state index contributed by atoms with van der Waals surface area (Å²) in [5.74, 6) is -1.73. The number of primary amides is 1. The molecule has 0 unspecified atom stereocenters. The van der Waals surface area contributed by atoms with Crippen LogP contribution in [0.5, 0.6) is 0 Å². The molecule has 0 saturated heterocycles. The van der Waals surface area contributed by atoms with Gasteiger partial charge in [0.05, 0.1) is 5.69 Å². The molecule has 0 radical (unpaired) electrons. The summed E-state index contributed by atoms with van der Waals surface area (Å²) >= 11 is 0. The molecule has 2 rings (SSSR count). The second-order valence-electron chi connectivity index (χ2n) is 5.15. The van der Waals surface area contributed by atoms with Crippen molar-refractivity contribution < 1.29 is 14.4 Å². The van der Waals surface area contributed by atoms with E-state index in [1.807, 2.05) is 0 Å². The molecular weight excluding hydrogens is 322 g/mol. The van der Waals surface area contributed by atoms with Crippen LogP contribution >= 0.6 is 0 Å². The highest BCUT2D eigenvalue weighted by molar-refractivity contribution is 6.67. The van der Waals surface area contributed by atoms with E-state index in [1.165, 1.54) is 19.1 Å². The largest absolute Gasteiger partial charge is 0.399 e. The van der Waals surface area contributed by atoms with Gasteiger partial charge >= 0.3 is 0 Å². The average molecular weight is 339 g/mol. The van der Waals surface area contributed by atoms with E-state index < -0.39 is 17.6 Å². The zero-order valence-electron chi connectivity index (χ0n) is 13.4. The summed E-state index contributed by atoms with van der Waals surface area (Å²) in [6.07, 6.45) is 0. The molecule has 2 amide bonds. The van der Waals surface area contributed by atoms with E-state index in [-0.39, 0.29) is 5.71 Å². The maximum atomic E-state index is 12.2. The Hall–Kier alpha value is -3.68. The van der Waals surface area contributed by atoms with Gasteiger partial charge < -0.3 is 16.8 Å². The molecule has 8 nitrogen and oxygen atoms in total. The Morgan fingerprint density at radius 3 is 2.24 bits per heavy atom. The fourth-order valence-corrected chi connectivity index (χ4v) is 1.93. The van der Waals surface area contributed by atoms with Gasteiger partial charge in [-0.1, -0.05) is 6.07 Å². The van der Waals surface area contributed by atoms with Gasteiger partial charge in [-0.25, -0.2) is 0 Å². The Bertz CT molecular complexity index is 844. The van der Waals surface area contributed by atoms with Crippen molar-refractivity contribution in [1.82, 2.24) is 0 Å². The molecule has 0 aromatic heterocycles. The molecule has 6 N–H and O–H groups in total. The van der Waals surface area contributed by atoms with Crippen LogP contribution in [0.25, 0.3) is 0 Å². The van der Waals surface area contributed by atoms with Crippen molar-refractivity contribution in [3.8, 4) is 0 Å². The number of nitrogens with one attached hydrogen (secondary N) is 2. The predicted molar refractivity (Wildman–Crippen MR) is 96.2 cm³/mol. The number of nitrogens with zero attached hydrogens (tertiary/aromatic N) is 1. The van der Waals surface area contributed by atoms with E-state index in [0.29, 0.717) is 22.6 Å². The molecule has 0 fully saturated rings. The zero-order chi connectivity index (χ0) is 18.4. The molecule has 2 aromatic rings. The highest BCUT2D eigenvalue weighted by atomic mass is 16.2. The van der Waals surface area contributed by atoms with Gasteiger partial charge in [0.1, 0.15) is 0 Å². The summed E-state index contributed by atoms with van der Waals surface area (Å²) in [5, 5.41) is 6.40. The van der Waals surface area contributed by atoms with Crippen LogP contribution in [0.4, 0.5) is 17.1 Å². The Labute approximate surface area is 143 Å². The van der Waals surface area contributed by atoms with Crippen LogP contribution in [0.3, 0.4) is 0 Å². The van der Waals surface area contributed by atoms with Crippen molar-refractivity contribution in [3.05, 3.63) is 54.1 Å². The molecule has 0 aliphatic carbocycles. The molecule has 0 saturated carbocycles. The van der Waals surface area contributed by atoms with Crippen LogP contribution in [0.2, 0.25) is 0 Å². The van der Waals surface area contributed by atoms with E-state index in [0.717, 1.165) is 0 Å². The zero-order valence-corrected chi connectivity index (χ0v) is 13.4. The summed E-state index contributed by atoms with van der Waals surface area (Å²) in [4.78, 5) is 34.9. The summed E-state index contributed by atoms with van der Waals surface area (Å²) in [6.45, 7) is 1.23. The fraction of sp³-hybridized carbons (Fsp3) is 0.0588. The summed E-state index contributed by atoms with van der Waals surface area (Å²) in [7, 11) is 0. The Balaban J connectivity index is 2.13. The van der Waals surface area contributed by atoms with Crippen LogP contribution in [0, 0.1) is 0 Å². The van der Waals surface area contributed by atoms with Crippen molar-refractivity contribution >= 4 is 40.4 Å². The maximum absolute atomic E-state index is 12.2. The average Bonchev–Trinajstić information content (AvgIpc) is 2.55. The number of anilines is 3. The molecule has 0 bridgehead atoms.